The highest BCUT2D eigenvalue weighted by molar-refractivity contribution is 6.62. The third kappa shape index (κ3) is 4.34. The highest BCUT2D eigenvalue weighted by Gasteiger charge is 2.51. The molecule has 0 aliphatic carbocycles. The number of hydrogen-bond acceptors (Lipinski definition) is 2. The lowest BCUT2D eigenvalue weighted by molar-refractivity contribution is -0.913. The Hall–Kier alpha value is -0.545. The van der Waals surface area contributed by atoms with Gasteiger partial charge in [-0.15, -0.1) is 0 Å². The van der Waals surface area contributed by atoms with Crippen LogP contribution in [0.1, 0.15) is 58.9 Å². The van der Waals surface area contributed by atoms with E-state index in [0.717, 1.165) is 12.0 Å². The van der Waals surface area contributed by atoms with E-state index in [4.69, 9.17) is 9.31 Å². The van der Waals surface area contributed by atoms with Gasteiger partial charge in [-0.05, 0) is 58.8 Å². The van der Waals surface area contributed by atoms with E-state index in [1.54, 1.807) is 4.90 Å². The molecule has 2 aliphatic rings. The topological polar surface area (TPSA) is 22.9 Å². The van der Waals surface area contributed by atoms with Gasteiger partial charge in [-0.3, -0.25) is 0 Å². The number of benzene rings is 1. The molecule has 2 saturated heterocycles. The zero-order valence-electron chi connectivity index (χ0n) is 15.5. The second-order valence-electron chi connectivity index (χ2n) is 8.17. The lowest BCUT2D eigenvalue weighted by Crippen LogP contribution is -3.10. The molecule has 0 atom stereocenters. The summed E-state index contributed by atoms with van der Waals surface area (Å²) in [6.07, 6.45) is 5.57. The second-order valence-corrected chi connectivity index (χ2v) is 8.17. The van der Waals surface area contributed by atoms with E-state index >= 15 is 0 Å². The van der Waals surface area contributed by atoms with Crippen LogP contribution in [0.3, 0.4) is 0 Å². The first-order valence-electron chi connectivity index (χ1n) is 9.15. The van der Waals surface area contributed by atoms with Gasteiger partial charge in [0.2, 0.25) is 0 Å². The van der Waals surface area contributed by atoms with Gasteiger partial charge >= 0.3 is 7.12 Å². The number of likely N-dealkylation sites (tertiary alicyclic amines) is 1. The molecule has 24 heavy (non-hydrogen) atoms. The average Bonchev–Trinajstić information content (AvgIpc) is 2.67. The van der Waals surface area contributed by atoms with Gasteiger partial charge in [0.25, 0.3) is 0 Å². The molecule has 0 radical (unpaired) electrons. The van der Waals surface area contributed by atoms with Crippen LogP contribution in [-0.4, -0.2) is 31.4 Å². The maximum absolute atomic E-state index is 6.13. The van der Waals surface area contributed by atoms with Crippen LogP contribution in [0.25, 0.3) is 0 Å². The van der Waals surface area contributed by atoms with Crippen LogP contribution >= 0.6 is 0 Å². The van der Waals surface area contributed by atoms with Gasteiger partial charge in [0.05, 0.1) is 24.3 Å². The van der Waals surface area contributed by atoms with E-state index in [-0.39, 0.29) is 30.7 Å². The van der Waals surface area contributed by atoms with Crippen LogP contribution in [0.5, 0.6) is 0 Å². The first-order valence-corrected chi connectivity index (χ1v) is 9.15. The zero-order chi connectivity index (χ0) is 16.5. The Bertz CT molecular complexity index is 509. The average molecular weight is 352 g/mol. The van der Waals surface area contributed by atoms with Crippen molar-refractivity contribution >= 4 is 12.6 Å². The highest BCUT2D eigenvalue weighted by Crippen LogP contribution is 2.36. The van der Waals surface area contributed by atoms with Crippen LogP contribution in [0.2, 0.25) is 0 Å². The molecule has 0 aromatic heterocycles. The Labute approximate surface area is 153 Å². The Morgan fingerprint density at radius 3 is 1.88 bits per heavy atom. The molecule has 0 saturated carbocycles. The smallest absolute Gasteiger partial charge is 0.494 e. The van der Waals surface area contributed by atoms with Crippen LogP contribution in [0.4, 0.5) is 0 Å². The Morgan fingerprint density at radius 2 is 1.38 bits per heavy atom. The van der Waals surface area contributed by atoms with Crippen molar-refractivity contribution in [3.8, 4) is 0 Å². The first kappa shape index (κ1) is 19.8. The van der Waals surface area contributed by atoms with Gasteiger partial charge in [0.15, 0.2) is 0 Å². The molecule has 0 amide bonds. The number of quaternary nitrogens is 1. The van der Waals surface area contributed by atoms with Gasteiger partial charge in [0.1, 0.15) is 6.54 Å². The Kier molecular flexibility index (Phi) is 6.41. The van der Waals surface area contributed by atoms with Crippen molar-refractivity contribution in [3.63, 3.8) is 0 Å². The van der Waals surface area contributed by atoms with Gasteiger partial charge in [0, 0.05) is 5.56 Å². The maximum atomic E-state index is 6.13. The minimum atomic E-state index is -0.271. The minimum absolute atomic E-state index is 0. The fourth-order valence-electron chi connectivity index (χ4n) is 3.47. The van der Waals surface area contributed by atoms with Gasteiger partial charge in [-0.2, -0.15) is 0 Å². The Morgan fingerprint density at radius 1 is 0.875 bits per heavy atom. The molecule has 3 nitrogen and oxygen atoms in total. The number of rotatable bonds is 3. The fourth-order valence-corrected chi connectivity index (χ4v) is 3.47. The molecular weight excluding hydrogens is 320 g/mol. The molecule has 1 N–H and O–H groups in total. The van der Waals surface area contributed by atoms with Crippen molar-refractivity contribution in [2.24, 2.45) is 0 Å². The predicted octanol–water partition coefficient (Wildman–Crippen LogP) is -1.05. The fraction of sp³-hybridized carbons (Fsp3) is 0.684. The summed E-state index contributed by atoms with van der Waals surface area (Å²) in [6.45, 7) is 12.2. The lowest BCUT2D eigenvalue weighted by atomic mass is 9.79. The van der Waals surface area contributed by atoms with Gasteiger partial charge in [-0.1, -0.05) is 24.3 Å². The third-order valence-corrected chi connectivity index (χ3v) is 5.77. The maximum Gasteiger partial charge on any atom is 0.494 e. The van der Waals surface area contributed by atoms with E-state index in [1.807, 2.05) is 0 Å². The van der Waals surface area contributed by atoms with Crippen LogP contribution in [-0.2, 0) is 15.9 Å². The number of halogens is 1. The zero-order valence-corrected chi connectivity index (χ0v) is 16.3. The van der Waals surface area contributed by atoms with E-state index in [1.165, 1.54) is 44.3 Å². The SMILES string of the molecule is CC1(C)OB(c2ccc(C[NH+]3CCCCCC3)cc2)OC1(C)C.[Cl-]. The van der Waals surface area contributed by atoms with Crippen molar-refractivity contribution in [2.45, 2.75) is 71.1 Å². The van der Waals surface area contributed by atoms with Crippen LogP contribution in [0.15, 0.2) is 24.3 Å². The predicted molar refractivity (Wildman–Crippen MR) is 95.0 cm³/mol. The normalized spacial score (nSPS) is 23.6. The van der Waals surface area contributed by atoms with E-state index in [0.29, 0.717) is 0 Å². The van der Waals surface area contributed by atoms with E-state index in [9.17, 15) is 0 Å². The van der Waals surface area contributed by atoms with Gasteiger partial charge in [-0.25, -0.2) is 0 Å². The standard InChI is InChI=1S/C19H30BNO2.ClH/c1-18(2)19(3,4)23-20(22-18)17-11-9-16(10-12-17)15-21-13-7-5-6-8-14-21;/h9-12H,5-8,13-15H2,1-4H3;1H. The van der Waals surface area contributed by atoms with E-state index in [2.05, 4.69) is 52.0 Å². The summed E-state index contributed by atoms with van der Waals surface area (Å²) in [5.41, 5.74) is 2.00. The molecule has 2 aliphatic heterocycles. The summed E-state index contributed by atoms with van der Waals surface area (Å²) in [5, 5.41) is 0. The second kappa shape index (κ2) is 7.78. The van der Waals surface area contributed by atoms with Crippen molar-refractivity contribution in [1.82, 2.24) is 0 Å². The monoisotopic (exact) mass is 351 g/mol. The molecule has 134 valence electrons. The lowest BCUT2D eigenvalue weighted by Gasteiger charge is -2.32. The van der Waals surface area contributed by atoms with E-state index < -0.39 is 0 Å². The number of nitrogens with one attached hydrogen (secondary N) is 1. The molecule has 1 aromatic carbocycles. The molecule has 2 fully saturated rings. The largest absolute Gasteiger partial charge is 1.00 e. The van der Waals surface area contributed by atoms with Crippen LogP contribution in [0, 0.1) is 0 Å². The van der Waals surface area contributed by atoms with Crippen molar-refractivity contribution in [2.75, 3.05) is 13.1 Å². The summed E-state index contributed by atoms with van der Waals surface area (Å²) in [7, 11) is -0.250. The van der Waals surface area contributed by atoms with Crippen molar-refractivity contribution in [3.05, 3.63) is 29.8 Å². The summed E-state index contributed by atoms with van der Waals surface area (Å²) >= 11 is 0. The Balaban J connectivity index is 0.00000208. The molecule has 3 rings (SSSR count). The molecule has 0 unspecified atom stereocenters. The first-order chi connectivity index (χ1) is 10.9. The highest BCUT2D eigenvalue weighted by atomic mass is 35.5. The summed E-state index contributed by atoms with van der Waals surface area (Å²) in [6, 6.07) is 8.85. The summed E-state index contributed by atoms with van der Waals surface area (Å²) < 4.78 is 12.3. The van der Waals surface area contributed by atoms with Crippen LogP contribution < -0.4 is 22.8 Å². The molecule has 0 spiro atoms. The number of hydrogen-bond donors (Lipinski definition) is 1. The molecule has 5 heteroatoms. The quantitative estimate of drug-likeness (QED) is 0.702. The van der Waals surface area contributed by atoms with Gasteiger partial charge < -0.3 is 26.6 Å². The van der Waals surface area contributed by atoms with Crippen molar-refractivity contribution < 1.29 is 26.6 Å². The third-order valence-electron chi connectivity index (χ3n) is 5.77. The van der Waals surface area contributed by atoms with Crippen molar-refractivity contribution in [1.29, 1.82) is 0 Å². The summed E-state index contributed by atoms with van der Waals surface area (Å²) in [4.78, 5) is 1.73. The molecule has 1 aromatic rings. The molecular formula is C19H31BClNO2. The molecule has 2 heterocycles. The summed E-state index contributed by atoms with van der Waals surface area (Å²) in [5.74, 6) is 0. The molecule has 0 bridgehead atoms. The minimum Gasteiger partial charge on any atom is -1.00 e.